The van der Waals surface area contributed by atoms with Gasteiger partial charge in [-0.05, 0) is 58.2 Å². The van der Waals surface area contributed by atoms with Crippen molar-refractivity contribution in [2.45, 2.75) is 43.7 Å². The maximum Gasteiger partial charge on any atom is 0.245 e. The lowest BCUT2D eigenvalue weighted by Gasteiger charge is -2.31. The van der Waals surface area contributed by atoms with Crippen LogP contribution >= 0.6 is 15.9 Å². The van der Waals surface area contributed by atoms with E-state index in [4.69, 9.17) is 4.74 Å². The lowest BCUT2D eigenvalue weighted by Crippen LogP contribution is -2.43. The summed E-state index contributed by atoms with van der Waals surface area (Å²) in [6, 6.07) is 20.1. The van der Waals surface area contributed by atoms with Gasteiger partial charge in [0.15, 0.2) is 0 Å². The van der Waals surface area contributed by atoms with Crippen LogP contribution in [0.2, 0.25) is 0 Å². The molecular weight excluding hydrogens is 516 g/mol. The summed E-state index contributed by atoms with van der Waals surface area (Å²) in [5.41, 5.74) is 2.33. The van der Waals surface area contributed by atoms with E-state index in [0.717, 1.165) is 36.3 Å². The standard InChI is InChI=1S/C26H29BrN2O4S/c1-3-4-8-21-18-28(20-9-6-5-7-10-20)24-15-23(27)25(30)16-26(24)34(31,32)29(21)17-19-11-13-22(33-2)14-12-19/h5-7,9-16,21,30H,3-4,8,17-18H2,1-2H3/t21-/m1/s1. The van der Waals surface area contributed by atoms with Gasteiger partial charge in [-0.15, -0.1) is 0 Å². The molecule has 0 spiro atoms. The summed E-state index contributed by atoms with van der Waals surface area (Å²) in [7, 11) is -2.31. The molecule has 0 saturated carbocycles. The first-order valence-electron chi connectivity index (χ1n) is 11.3. The lowest BCUT2D eigenvalue weighted by atomic mass is 10.1. The Labute approximate surface area is 210 Å². The molecule has 1 atom stereocenters. The Morgan fingerprint density at radius 1 is 1.09 bits per heavy atom. The third kappa shape index (κ3) is 4.94. The van der Waals surface area contributed by atoms with Crippen LogP contribution in [0.1, 0.15) is 31.7 Å². The van der Waals surface area contributed by atoms with E-state index in [1.54, 1.807) is 17.5 Å². The minimum Gasteiger partial charge on any atom is -0.507 e. The van der Waals surface area contributed by atoms with Crippen molar-refractivity contribution < 1.29 is 18.3 Å². The zero-order chi connectivity index (χ0) is 24.3. The molecule has 0 fully saturated rings. The molecular formula is C26H29BrN2O4S. The summed E-state index contributed by atoms with van der Waals surface area (Å²) >= 11 is 3.38. The number of hydrogen-bond acceptors (Lipinski definition) is 5. The maximum absolute atomic E-state index is 14.1. The second-order valence-electron chi connectivity index (χ2n) is 8.41. The van der Waals surface area contributed by atoms with E-state index in [1.165, 1.54) is 6.07 Å². The zero-order valence-corrected chi connectivity index (χ0v) is 21.7. The van der Waals surface area contributed by atoms with Gasteiger partial charge in [0.25, 0.3) is 0 Å². The van der Waals surface area contributed by atoms with E-state index in [1.807, 2.05) is 59.5 Å². The highest BCUT2D eigenvalue weighted by molar-refractivity contribution is 9.10. The average Bonchev–Trinajstić information content (AvgIpc) is 2.92. The van der Waals surface area contributed by atoms with E-state index in [2.05, 4.69) is 22.9 Å². The molecule has 0 bridgehead atoms. The number of unbranched alkanes of at least 4 members (excludes halogenated alkanes) is 1. The molecule has 1 aliphatic rings. The number of aromatic hydroxyl groups is 1. The molecule has 4 rings (SSSR count). The second kappa shape index (κ2) is 10.4. The first kappa shape index (κ1) is 24.6. The highest BCUT2D eigenvalue weighted by atomic mass is 79.9. The molecule has 1 heterocycles. The number of ether oxygens (including phenoxy) is 1. The molecule has 0 radical (unpaired) electrons. The minimum atomic E-state index is -3.91. The van der Waals surface area contributed by atoms with E-state index in [-0.39, 0.29) is 23.2 Å². The number of para-hydroxylation sites is 1. The van der Waals surface area contributed by atoms with Crippen molar-refractivity contribution in [1.29, 1.82) is 0 Å². The number of hydrogen-bond donors (Lipinski definition) is 1. The van der Waals surface area contributed by atoms with Crippen LogP contribution < -0.4 is 9.64 Å². The molecule has 0 unspecified atom stereocenters. The Bertz CT molecular complexity index is 1230. The topological polar surface area (TPSA) is 70.1 Å². The van der Waals surface area contributed by atoms with Crippen molar-refractivity contribution in [3.63, 3.8) is 0 Å². The SMILES string of the molecule is CCCC[C@@H]1CN(c2ccccc2)c2cc(Br)c(O)cc2S(=O)(=O)N1Cc1ccc(OC)cc1. The van der Waals surface area contributed by atoms with Gasteiger partial charge in [-0.1, -0.05) is 50.1 Å². The number of nitrogens with zero attached hydrogens (tertiary/aromatic N) is 2. The Morgan fingerprint density at radius 2 is 1.79 bits per heavy atom. The predicted octanol–water partition coefficient (Wildman–Crippen LogP) is 6.06. The van der Waals surface area contributed by atoms with Gasteiger partial charge in [-0.25, -0.2) is 8.42 Å². The van der Waals surface area contributed by atoms with Gasteiger partial charge in [0, 0.05) is 30.9 Å². The van der Waals surface area contributed by atoms with E-state index >= 15 is 0 Å². The molecule has 3 aromatic carbocycles. The number of sulfonamides is 1. The van der Waals surface area contributed by atoms with Crippen molar-refractivity contribution in [2.24, 2.45) is 0 Å². The van der Waals surface area contributed by atoms with Crippen molar-refractivity contribution in [3.05, 3.63) is 76.8 Å². The molecule has 0 amide bonds. The summed E-state index contributed by atoms with van der Waals surface area (Å²) in [6.45, 7) is 2.85. The van der Waals surface area contributed by atoms with Crippen molar-refractivity contribution in [1.82, 2.24) is 4.31 Å². The van der Waals surface area contributed by atoms with Crippen LogP contribution in [0.4, 0.5) is 11.4 Å². The van der Waals surface area contributed by atoms with E-state index < -0.39 is 10.0 Å². The van der Waals surface area contributed by atoms with E-state index in [9.17, 15) is 13.5 Å². The highest BCUT2D eigenvalue weighted by Gasteiger charge is 2.39. The third-order valence-electron chi connectivity index (χ3n) is 6.16. The smallest absolute Gasteiger partial charge is 0.245 e. The molecule has 1 N–H and O–H groups in total. The van der Waals surface area contributed by atoms with Gasteiger partial charge in [0.05, 0.1) is 17.3 Å². The average molecular weight is 545 g/mol. The monoisotopic (exact) mass is 544 g/mol. The van der Waals surface area contributed by atoms with Crippen LogP contribution in [0.15, 0.2) is 76.1 Å². The van der Waals surface area contributed by atoms with Gasteiger partial charge in [0.2, 0.25) is 10.0 Å². The number of fused-ring (bicyclic) bond motifs is 1. The van der Waals surface area contributed by atoms with Gasteiger partial charge < -0.3 is 14.7 Å². The first-order valence-corrected chi connectivity index (χ1v) is 13.6. The molecule has 0 aliphatic carbocycles. The Kier molecular flexibility index (Phi) is 7.50. The zero-order valence-electron chi connectivity index (χ0n) is 19.3. The molecule has 3 aromatic rings. The summed E-state index contributed by atoms with van der Waals surface area (Å²) < 4.78 is 35.5. The molecule has 8 heteroatoms. The Morgan fingerprint density at radius 3 is 2.44 bits per heavy atom. The summed E-state index contributed by atoms with van der Waals surface area (Å²) in [6.07, 6.45) is 2.61. The van der Waals surface area contributed by atoms with Gasteiger partial charge in [-0.3, -0.25) is 0 Å². The largest absolute Gasteiger partial charge is 0.507 e. The first-order chi connectivity index (χ1) is 16.3. The molecule has 1 aliphatic heterocycles. The Balaban J connectivity index is 1.87. The normalized spacial score (nSPS) is 17.7. The van der Waals surface area contributed by atoms with Crippen LogP contribution in [0.25, 0.3) is 0 Å². The van der Waals surface area contributed by atoms with Crippen LogP contribution in [-0.2, 0) is 16.6 Å². The lowest BCUT2D eigenvalue weighted by molar-refractivity contribution is 0.300. The molecule has 180 valence electrons. The van der Waals surface area contributed by atoms with Gasteiger partial charge in [0.1, 0.15) is 16.4 Å². The fourth-order valence-electron chi connectivity index (χ4n) is 4.32. The van der Waals surface area contributed by atoms with Crippen LogP contribution in [0.3, 0.4) is 0 Å². The van der Waals surface area contributed by atoms with Crippen molar-refractivity contribution in [3.8, 4) is 11.5 Å². The number of phenolic OH excluding ortho intramolecular Hbond substituents is 1. The number of anilines is 2. The Hall–Kier alpha value is -2.55. The number of halogens is 1. The number of benzene rings is 3. The summed E-state index contributed by atoms with van der Waals surface area (Å²) in [5.74, 6) is 0.618. The second-order valence-corrected chi connectivity index (χ2v) is 11.1. The number of methoxy groups -OCH3 is 1. The van der Waals surface area contributed by atoms with Crippen molar-refractivity contribution >= 4 is 37.3 Å². The number of rotatable bonds is 7. The molecule has 6 nitrogen and oxygen atoms in total. The summed E-state index contributed by atoms with van der Waals surface area (Å²) in [4.78, 5) is 2.15. The van der Waals surface area contributed by atoms with Gasteiger partial charge in [-0.2, -0.15) is 4.31 Å². The molecule has 0 aromatic heterocycles. The molecule has 34 heavy (non-hydrogen) atoms. The maximum atomic E-state index is 14.1. The van der Waals surface area contributed by atoms with Gasteiger partial charge >= 0.3 is 0 Å². The number of phenols is 1. The quantitative estimate of drug-likeness (QED) is 0.391. The third-order valence-corrected chi connectivity index (χ3v) is 8.73. The highest BCUT2D eigenvalue weighted by Crippen LogP contribution is 2.43. The van der Waals surface area contributed by atoms with Crippen LogP contribution in [-0.4, -0.2) is 37.5 Å². The predicted molar refractivity (Wildman–Crippen MR) is 138 cm³/mol. The molecule has 0 saturated heterocycles. The van der Waals surface area contributed by atoms with Crippen molar-refractivity contribution in [2.75, 3.05) is 18.6 Å². The fourth-order valence-corrected chi connectivity index (χ4v) is 6.49. The van der Waals surface area contributed by atoms with E-state index in [0.29, 0.717) is 16.7 Å². The summed E-state index contributed by atoms with van der Waals surface area (Å²) in [5, 5.41) is 10.4. The fraction of sp³-hybridized carbons (Fsp3) is 0.308. The minimum absolute atomic E-state index is 0.101. The van der Waals surface area contributed by atoms with Crippen LogP contribution in [0, 0.1) is 0 Å². The van der Waals surface area contributed by atoms with Crippen LogP contribution in [0.5, 0.6) is 11.5 Å².